The lowest BCUT2D eigenvalue weighted by atomic mass is 9.73. The molecule has 0 radical (unpaired) electrons. The number of hydrogen-bond acceptors (Lipinski definition) is 6. The highest BCUT2D eigenvalue weighted by molar-refractivity contribution is 7.11. The van der Waals surface area contributed by atoms with Gasteiger partial charge < -0.3 is 10.2 Å². The molecule has 1 aromatic rings. The van der Waals surface area contributed by atoms with Gasteiger partial charge in [0.05, 0.1) is 19.3 Å². The normalized spacial score (nSPS) is 28.7. The van der Waals surface area contributed by atoms with E-state index in [1.165, 1.54) is 0 Å². The van der Waals surface area contributed by atoms with Gasteiger partial charge in [0.25, 0.3) is 0 Å². The van der Waals surface area contributed by atoms with E-state index in [-0.39, 0.29) is 12.0 Å². The van der Waals surface area contributed by atoms with Crippen LogP contribution in [0.4, 0.5) is 0 Å². The molecule has 1 aromatic heterocycles. The van der Waals surface area contributed by atoms with Crippen LogP contribution < -0.4 is 0 Å². The molecule has 0 bridgehead atoms. The third-order valence-electron chi connectivity index (χ3n) is 4.05. The number of nitrogens with zero attached hydrogens (tertiary/aromatic N) is 3. The molecule has 2 rings (SSSR count). The highest BCUT2D eigenvalue weighted by Gasteiger charge is 2.41. The van der Waals surface area contributed by atoms with Crippen molar-refractivity contribution in [2.75, 3.05) is 19.7 Å². The second kappa shape index (κ2) is 6.26. The van der Waals surface area contributed by atoms with Crippen LogP contribution >= 0.6 is 11.3 Å². The minimum absolute atomic E-state index is 0.0771. The summed E-state index contributed by atoms with van der Waals surface area (Å²) < 4.78 is 0. The van der Waals surface area contributed by atoms with Gasteiger partial charge in [-0.2, -0.15) is 0 Å². The van der Waals surface area contributed by atoms with Gasteiger partial charge in [0.15, 0.2) is 0 Å². The van der Waals surface area contributed by atoms with Gasteiger partial charge in [0.1, 0.15) is 10.0 Å². The standard InChI is InChI=1S/C13H23N3O2S/c1-3-4-13(9-17)5-6-16(7-11(13)18)8-12-15-14-10(2)19-12/h11,17-18H,3-9H2,1-2H3/t11-,13-/m1/s1. The van der Waals surface area contributed by atoms with E-state index in [4.69, 9.17) is 0 Å². The minimum Gasteiger partial charge on any atom is -0.396 e. The summed E-state index contributed by atoms with van der Waals surface area (Å²) in [6.45, 7) is 6.38. The Bertz CT molecular complexity index is 412. The van der Waals surface area contributed by atoms with Gasteiger partial charge in [-0.05, 0) is 26.3 Å². The largest absolute Gasteiger partial charge is 0.396 e. The molecule has 6 heteroatoms. The predicted molar refractivity (Wildman–Crippen MR) is 75.0 cm³/mol. The van der Waals surface area contributed by atoms with Crippen molar-refractivity contribution in [2.24, 2.45) is 5.41 Å². The van der Waals surface area contributed by atoms with Crippen LogP contribution in [0.2, 0.25) is 0 Å². The van der Waals surface area contributed by atoms with Crippen LogP contribution in [-0.2, 0) is 6.54 Å². The summed E-state index contributed by atoms with van der Waals surface area (Å²) in [5, 5.41) is 30.1. The van der Waals surface area contributed by atoms with Crippen molar-refractivity contribution in [1.29, 1.82) is 0 Å². The summed E-state index contributed by atoms with van der Waals surface area (Å²) in [5.74, 6) is 0. The molecule has 0 aromatic carbocycles. The molecule has 1 saturated heterocycles. The third kappa shape index (κ3) is 3.31. The van der Waals surface area contributed by atoms with Crippen LogP contribution in [-0.4, -0.2) is 51.1 Å². The molecule has 2 heterocycles. The molecular weight excluding hydrogens is 262 g/mol. The Labute approximate surface area is 118 Å². The highest BCUT2D eigenvalue weighted by atomic mass is 32.1. The Morgan fingerprint density at radius 3 is 2.79 bits per heavy atom. The van der Waals surface area contributed by atoms with E-state index in [2.05, 4.69) is 22.0 Å². The lowest BCUT2D eigenvalue weighted by Gasteiger charge is -2.44. The van der Waals surface area contributed by atoms with E-state index in [0.29, 0.717) is 6.54 Å². The van der Waals surface area contributed by atoms with Crippen molar-refractivity contribution >= 4 is 11.3 Å². The van der Waals surface area contributed by atoms with Crippen LogP contribution in [0.5, 0.6) is 0 Å². The van der Waals surface area contributed by atoms with Crippen molar-refractivity contribution in [2.45, 2.75) is 45.8 Å². The fourth-order valence-electron chi connectivity index (χ4n) is 2.87. The molecule has 0 aliphatic carbocycles. The molecule has 0 unspecified atom stereocenters. The van der Waals surface area contributed by atoms with Gasteiger partial charge in [-0.1, -0.05) is 13.3 Å². The molecule has 0 spiro atoms. The molecule has 1 aliphatic rings. The molecule has 2 N–H and O–H groups in total. The first-order valence-electron chi connectivity index (χ1n) is 6.90. The maximum Gasteiger partial charge on any atom is 0.131 e. The number of aliphatic hydroxyl groups is 2. The van der Waals surface area contributed by atoms with Crippen molar-refractivity contribution in [1.82, 2.24) is 15.1 Å². The second-order valence-electron chi connectivity index (χ2n) is 5.49. The Morgan fingerprint density at radius 1 is 1.47 bits per heavy atom. The number of β-amino-alcohol motifs (C(OH)–C–C–N with tert-alkyl or cyclic N) is 1. The van der Waals surface area contributed by atoms with E-state index in [1.54, 1.807) is 11.3 Å². The van der Waals surface area contributed by atoms with Crippen molar-refractivity contribution in [3.05, 3.63) is 10.0 Å². The van der Waals surface area contributed by atoms with Crippen LogP contribution in [0.3, 0.4) is 0 Å². The first kappa shape index (κ1) is 14.8. The summed E-state index contributed by atoms with van der Waals surface area (Å²) in [4.78, 5) is 2.20. The summed E-state index contributed by atoms with van der Waals surface area (Å²) >= 11 is 1.60. The summed E-state index contributed by atoms with van der Waals surface area (Å²) in [6, 6.07) is 0. The molecule has 5 nitrogen and oxygen atoms in total. The summed E-state index contributed by atoms with van der Waals surface area (Å²) in [5.41, 5.74) is -0.303. The molecule has 108 valence electrons. The smallest absolute Gasteiger partial charge is 0.131 e. The summed E-state index contributed by atoms with van der Waals surface area (Å²) in [6.07, 6.45) is 2.26. The van der Waals surface area contributed by atoms with E-state index in [0.717, 1.165) is 42.4 Å². The van der Waals surface area contributed by atoms with Crippen molar-refractivity contribution in [3.8, 4) is 0 Å². The fourth-order valence-corrected chi connectivity index (χ4v) is 3.62. The van der Waals surface area contributed by atoms with Gasteiger partial charge in [0, 0.05) is 12.0 Å². The Morgan fingerprint density at radius 2 is 2.26 bits per heavy atom. The molecule has 19 heavy (non-hydrogen) atoms. The zero-order chi connectivity index (χ0) is 13.9. The lowest BCUT2D eigenvalue weighted by molar-refractivity contribution is -0.0803. The first-order valence-corrected chi connectivity index (χ1v) is 7.71. The molecule has 2 atom stereocenters. The van der Waals surface area contributed by atoms with Crippen molar-refractivity contribution in [3.63, 3.8) is 0 Å². The van der Waals surface area contributed by atoms with Crippen LogP contribution in [0.15, 0.2) is 0 Å². The average molecular weight is 285 g/mol. The molecule has 1 fully saturated rings. The van der Waals surface area contributed by atoms with Crippen LogP contribution in [0, 0.1) is 12.3 Å². The number of likely N-dealkylation sites (tertiary alicyclic amines) is 1. The maximum absolute atomic E-state index is 10.4. The number of aromatic nitrogens is 2. The number of piperidine rings is 1. The Kier molecular flexibility index (Phi) is 4.89. The third-order valence-corrected chi connectivity index (χ3v) is 4.88. The molecule has 1 aliphatic heterocycles. The Hall–Kier alpha value is -0.560. The van der Waals surface area contributed by atoms with Gasteiger partial charge in [-0.25, -0.2) is 0 Å². The maximum atomic E-state index is 10.4. The molecular formula is C13H23N3O2S. The van der Waals surface area contributed by atoms with E-state index in [9.17, 15) is 10.2 Å². The highest BCUT2D eigenvalue weighted by Crippen LogP contribution is 2.36. The fraction of sp³-hybridized carbons (Fsp3) is 0.846. The SMILES string of the molecule is CCC[C@]1(CO)CCN(Cc2nnc(C)s2)C[C@H]1O. The van der Waals surface area contributed by atoms with E-state index >= 15 is 0 Å². The molecule has 0 saturated carbocycles. The van der Waals surface area contributed by atoms with Crippen molar-refractivity contribution < 1.29 is 10.2 Å². The second-order valence-corrected chi connectivity index (χ2v) is 6.75. The number of hydrogen-bond donors (Lipinski definition) is 2. The summed E-state index contributed by atoms with van der Waals surface area (Å²) in [7, 11) is 0. The van der Waals surface area contributed by atoms with Gasteiger partial charge >= 0.3 is 0 Å². The average Bonchev–Trinajstić information content (AvgIpc) is 2.79. The van der Waals surface area contributed by atoms with Gasteiger partial charge in [-0.15, -0.1) is 21.5 Å². The lowest BCUT2D eigenvalue weighted by Crippen LogP contribution is -2.52. The topological polar surface area (TPSA) is 69.5 Å². The predicted octanol–water partition coefficient (Wildman–Crippen LogP) is 1.19. The van der Waals surface area contributed by atoms with E-state index < -0.39 is 6.10 Å². The quantitative estimate of drug-likeness (QED) is 0.850. The minimum atomic E-state index is -0.458. The van der Waals surface area contributed by atoms with Crippen LogP contribution in [0.1, 0.15) is 36.2 Å². The number of aliphatic hydroxyl groups excluding tert-OH is 2. The zero-order valence-electron chi connectivity index (χ0n) is 11.7. The number of aryl methyl sites for hydroxylation is 1. The first-order chi connectivity index (χ1) is 9.09. The monoisotopic (exact) mass is 285 g/mol. The van der Waals surface area contributed by atoms with Gasteiger partial charge in [-0.3, -0.25) is 4.90 Å². The Balaban J connectivity index is 1.95. The zero-order valence-corrected chi connectivity index (χ0v) is 12.5. The van der Waals surface area contributed by atoms with Crippen LogP contribution in [0.25, 0.3) is 0 Å². The van der Waals surface area contributed by atoms with E-state index in [1.807, 2.05) is 6.92 Å². The number of rotatable bonds is 5. The van der Waals surface area contributed by atoms with Gasteiger partial charge in [0.2, 0.25) is 0 Å². The molecule has 0 amide bonds.